The zero-order valence-corrected chi connectivity index (χ0v) is 16.5. The molecule has 3 aromatic rings. The SMILES string of the molecule is CN(Cc1cccc([N+](=O)[O-])c1)C(=O)[C@H]1CC(=O)N(c2cccc3ccccc23)C1. The number of hydrogen-bond donors (Lipinski definition) is 0. The molecular weight excluding hydrogens is 382 g/mol. The number of hydrogen-bond acceptors (Lipinski definition) is 4. The monoisotopic (exact) mass is 403 g/mol. The van der Waals surface area contributed by atoms with Crippen LogP contribution in [0.2, 0.25) is 0 Å². The van der Waals surface area contributed by atoms with Crippen molar-refractivity contribution in [1.82, 2.24) is 4.90 Å². The standard InChI is InChI=1S/C23H21N3O4/c1-24(14-16-6-4-9-19(12-16)26(29)30)23(28)18-13-22(27)25(15-18)21-11-5-8-17-7-2-3-10-20(17)21/h2-12,18H,13-15H2,1H3/t18-/m0/s1. The summed E-state index contributed by atoms with van der Waals surface area (Å²) in [6.45, 7) is 0.574. The summed E-state index contributed by atoms with van der Waals surface area (Å²) >= 11 is 0. The Morgan fingerprint density at radius 1 is 1.13 bits per heavy atom. The Morgan fingerprint density at radius 2 is 1.87 bits per heavy atom. The fraction of sp³-hybridized carbons (Fsp3) is 0.217. The van der Waals surface area contributed by atoms with Gasteiger partial charge in [0, 0.05) is 44.1 Å². The van der Waals surface area contributed by atoms with Crippen molar-refractivity contribution < 1.29 is 14.5 Å². The van der Waals surface area contributed by atoms with E-state index in [1.807, 2.05) is 42.5 Å². The third kappa shape index (κ3) is 3.74. The second kappa shape index (κ2) is 7.94. The molecule has 1 atom stereocenters. The number of nitrogens with zero attached hydrogens (tertiary/aromatic N) is 3. The van der Waals surface area contributed by atoms with Gasteiger partial charge in [0.1, 0.15) is 0 Å². The van der Waals surface area contributed by atoms with E-state index in [-0.39, 0.29) is 30.5 Å². The predicted molar refractivity (Wildman–Crippen MR) is 114 cm³/mol. The summed E-state index contributed by atoms with van der Waals surface area (Å²) in [5.41, 5.74) is 1.48. The minimum atomic E-state index is -0.455. The number of non-ortho nitro benzene ring substituents is 1. The summed E-state index contributed by atoms with van der Waals surface area (Å²) in [7, 11) is 1.66. The van der Waals surface area contributed by atoms with E-state index in [9.17, 15) is 19.7 Å². The first kappa shape index (κ1) is 19.6. The van der Waals surface area contributed by atoms with Crippen LogP contribution in [0.5, 0.6) is 0 Å². The smallest absolute Gasteiger partial charge is 0.269 e. The van der Waals surface area contributed by atoms with E-state index in [0.717, 1.165) is 16.5 Å². The second-order valence-electron chi connectivity index (χ2n) is 7.52. The number of benzene rings is 3. The van der Waals surface area contributed by atoms with Crippen LogP contribution in [0.3, 0.4) is 0 Å². The van der Waals surface area contributed by atoms with E-state index < -0.39 is 10.8 Å². The van der Waals surface area contributed by atoms with Crippen LogP contribution in [0.25, 0.3) is 10.8 Å². The van der Waals surface area contributed by atoms with Crippen molar-refractivity contribution in [2.75, 3.05) is 18.5 Å². The Kier molecular flexibility index (Phi) is 5.18. The lowest BCUT2D eigenvalue weighted by Crippen LogP contribution is -2.34. The first-order valence-corrected chi connectivity index (χ1v) is 9.70. The number of nitro benzene ring substituents is 1. The van der Waals surface area contributed by atoms with Crippen LogP contribution >= 0.6 is 0 Å². The maximum Gasteiger partial charge on any atom is 0.269 e. The third-order valence-electron chi connectivity index (χ3n) is 5.45. The van der Waals surface area contributed by atoms with Crippen LogP contribution in [0.15, 0.2) is 66.7 Å². The highest BCUT2D eigenvalue weighted by molar-refractivity contribution is 6.06. The molecule has 1 aliphatic heterocycles. The fourth-order valence-corrected chi connectivity index (χ4v) is 3.98. The van der Waals surface area contributed by atoms with Gasteiger partial charge in [-0.3, -0.25) is 19.7 Å². The molecule has 0 radical (unpaired) electrons. The van der Waals surface area contributed by atoms with Gasteiger partial charge in [0.25, 0.3) is 5.69 Å². The van der Waals surface area contributed by atoms with Gasteiger partial charge in [0.15, 0.2) is 0 Å². The molecule has 7 heteroatoms. The molecular formula is C23H21N3O4. The molecule has 0 spiro atoms. The summed E-state index contributed by atoms with van der Waals surface area (Å²) in [5.74, 6) is -0.661. The largest absolute Gasteiger partial charge is 0.341 e. The van der Waals surface area contributed by atoms with Crippen LogP contribution in [0.1, 0.15) is 12.0 Å². The number of anilines is 1. The highest BCUT2D eigenvalue weighted by Crippen LogP contribution is 2.32. The number of carbonyl (C=O) groups is 2. The molecule has 1 saturated heterocycles. The normalized spacial score (nSPS) is 16.1. The molecule has 1 heterocycles. The Labute approximate surface area is 173 Å². The van der Waals surface area contributed by atoms with Crippen molar-refractivity contribution in [2.24, 2.45) is 5.92 Å². The minimum absolute atomic E-state index is 0.00785. The topological polar surface area (TPSA) is 83.8 Å². The van der Waals surface area contributed by atoms with E-state index in [4.69, 9.17) is 0 Å². The maximum atomic E-state index is 13.0. The number of fused-ring (bicyclic) bond motifs is 1. The van der Waals surface area contributed by atoms with E-state index >= 15 is 0 Å². The molecule has 30 heavy (non-hydrogen) atoms. The molecule has 0 unspecified atom stereocenters. The quantitative estimate of drug-likeness (QED) is 0.480. The van der Waals surface area contributed by atoms with Crippen molar-refractivity contribution in [3.63, 3.8) is 0 Å². The molecule has 0 saturated carbocycles. The van der Waals surface area contributed by atoms with Gasteiger partial charge in [-0.15, -0.1) is 0 Å². The third-order valence-corrected chi connectivity index (χ3v) is 5.45. The van der Waals surface area contributed by atoms with Crippen molar-refractivity contribution in [3.05, 3.63) is 82.4 Å². The summed E-state index contributed by atoms with van der Waals surface area (Å²) < 4.78 is 0. The Hall–Kier alpha value is -3.74. The van der Waals surface area contributed by atoms with Gasteiger partial charge in [-0.1, -0.05) is 48.5 Å². The zero-order valence-electron chi connectivity index (χ0n) is 16.5. The van der Waals surface area contributed by atoms with Gasteiger partial charge in [-0.25, -0.2) is 0 Å². The molecule has 0 N–H and O–H groups in total. The Bertz CT molecular complexity index is 1140. The molecule has 1 aliphatic rings. The molecule has 3 aromatic carbocycles. The number of rotatable bonds is 5. The lowest BCUT2D eigenvalue weighted by Gasteiger charge is -2.22. The average molecular weight is 403 g/mol. The van der Waals surface area contributed by atoms with Crippen molar-refractivity contribution in [3.8, 4) is 0 Å². The van der Waals surface area contributed by atoms with Crippen LogP contribution in [0.4, 0.5) is 11.4 Å². The van der Waals surface area contributed by atoms with Crippen molar-refractivity contribution in [2.45, 2.75) is 13.0 Å². The van der Waals surface area contributed by atoms with E-state index in [2.05, 4.69) is 0 Å². The van der Waals surface area contributed by atoms with Crippen LogP contribution in [0, 0.1) is 16.0 Å². The molecule has 4 rings (SSSR count). The zero-order chi connectivity index (χ0) is 21.3. The van der Waals surface area contributed by atoms with E-state index in [1.165, 1.54) is 17.0 Å². The highest BCUT2D eigenvalue weighted by Gasteiger charge is 2.37. The van der Waals surface area contributed by atoms with Gasteiger partial charge in [-0.05, 0) is 17.0 Å². The van der Waals surface area contributed by atoms with Gasteiger partial charge >= 0.3 is 0 Å². The molecule has 2 amide bonds. The summed E-state index contributed by atoms with van der Waals surface area (Å²) in [5, 5.41) is 13.0. The molecule has 7 nitrogen and oxygen atoms in total. The van der Waals surface area contributed by atoms with Crippen LogP contribution in [-0.2, 0) is 16.1 Å². The average Bonchev–Trinajstić information content (AvgIpc) is 3.14. The Morgan fingerprint density at radius 3 is 2.67 bits per heavy atom. The van der Waals surface area contributed by atoms with Crippen LogP contribution < -0.4 is 4.90 Å². The molecule has 0 aromatic heterocycles. The molecule has 1 fully saturated rings. The van der Waals surface area contributed by atoms with Crippen LogP contribution in [-0.4, -0.2) is 35.2 Å². The Balaban J connectivity index is 1.50. The number of nitro groups is 1. The lowest BCUT2D eigenvalue weighted by molar-refractivity contribution is -0.384. The van der Waals surface area contributed by atoms with Crippen molar-refractivity contribution >= 4 is 34.0 Å². The van der Waals surface area contributed by atoms with Crippen molar-refractivity contribution in [1.29, 1.82) is 0 Å². The van der Waals surface area contributed by atoms with Gasteiger partial charge in [0.2, 0.25) is 11.8 Å². The summed E-state index contributed by atoms with van der Waals surface area (Å²) in [4.78, 5) is 39.4. The first-order chi connectivity index (χ1) is 14.4. The molecule has 152 valence electrons. The lowest BCUT2D eigenvalue weighted by atomic mass is 10.1. The summed E-state index contributed by atoms with van der Waals surface area (Å²) in [6.07, 6.45) is 0.154. The minimum Gasteiger partial charge on any atom is -0.341 e. The van der Waals surface area contributed by atoms with Gasteiger partial charge < -0.3 is 9.80 Å². The molecule has 0 bridgehead atoms. The summed E-state index contributed by atoms with van der Waals surface area (Å²) in [6, 6.07) is 19.9. The molecule has 0 aliphatic carbocycles. The van der Waals surface area contributed by atoms with E-state index in [1.54, 1.807) is 24.1 Å². The second-order valence-corrected chi connectivity index (χ2v) is 7.52. The maximum absolute atomic E-state index is 13.0. The first-order valence-electron chi connectivity index (χ1n) is 9.70. The number of carbonyl (C=O) groups excluding carboxylic acids is 2. The van der Waals surface area contributed by atoms with Gasteiger partial charge in [0.05, 0.1) is 16.5 Å². The fourth-order valence-electron chi connectivity index (χ4n) is 3.98. The number of amides is 2. The highest BCUT2D eigenvalue weighted by atomic mass is 16.6. The van der Waals surface area contributed by atoms with E-state index in [0.29, 0.717) is 12.1 Å². The van der Waals surface area contributed by atoms with Gasteiger partial charge in [-0.2, -0.15) is 0 Å². The predicted octanol–water partition coefficient (Wildman–Crippen LogP) is 3.76.